The topological polar surface area (TPSA) is 81.3 Å². The minimum Gasteiger partial charge on any atom is -0.349 e. The number of aromatic nitrogens is 2. The number of rotatable bonds is 4. The molecule has 6 heteroatoms. The van der Waals surface area contributed by atoms with E-state index in [-0.39, 0.29) is 11.5 Å². The molecule has 0 radical (unpaired) electrons. The first-order valence-electron chi connectivity index (χ1n) is 7.41. The van der Waals surface area contributed by atoms with Crippen molar-refractivity contribution in [1.29, 1.82) is 0 Å². The second-order valence-corrected chi connectivity index (χ2v) is 5.63. The molecule has 0 saturated carbocycles. The third-order valence-electron chi connectivity index (χ3n) is 3.84. The number of amides is 1. The summed E-state index contributed by atoms with van der Waals surface area (Å²) in [6, 6.07) is 7.79. The van der Waals surface area contributed by atoms with Crippen molar-refractivity contribution in [2.24, 2.45) is 4.99 Å². The van der Waals surface area contributed by atoms with Crippen molar-refractivity contribution in [3.63, 3.8) is 0 Å². The van der Waals surface area contributed by atoms with Crippen molar-refractivity contribution < 1.29 is 4.79 Å². The number of para-hydroxylation sites is 1. The van der Waals surface area contributed by atoms with E-state index in [1.165, 1.54) is 0 Å². The molecule has 0 atom stereocenters. The highest BCUT2D eigenvalue weighted by Gasteiger charge is 2.15. The monoisotopic (exact) mass is 310 g/mol. The van der Waals surface area contributed by atoms with E-state index >= 15 is 0 Å². The molecule has 0 fully saturated rings. The van der Waals surface area contributed by atoms with Gasteiger partial charge < -0.3 is 10.00 Å². The summed E-state index contributed by atoms with van der Waals surface area (Å²) >= 11 is 0. The minimum absolute atomic E-state index is 0.0263. The van der Waals surface area contributed by atoms with Crippen LogP contribution in [-0.2, 0) is 11.2 Å². The number of hydrogen-bond donors (Lipinski definition) is 2. The van der Waals surface area contributed by atoms with E-state index in [9.17, 15) is 9.59 Å². The zero-order chi connectivity index (χ0) is 16.4. The molecule has 2 N–H and O–H groups in total. The zero-order valence-electron chi connectivity index (χ0n) is 13.1. The summed E-state index contributed by atoms with van der Waals surface area (Å²) in [4.78, 5) is 29.7. The first-order valence-corrected chi connectivity index (χ1v) is 7.41. The molecule has 1 amide bonds. The molecule has 3 rings (SSSR count). The van der Waals surface area contributed by atoms with Crippen LogP contribution in [0.4, 0.5) is 5.69 Å². The number of fused-ring (bicyclic) bond motifs is 1. The lowest BCUT2D eigenvalue weighted by molar-refractivity contribution is -0.128. The Kier molecular flexibility index (Phi) is 3.97. The van der Waals surface area contributed by atoms with Crippen LogP contribution >= 0.6 is 0 Å². The van der Waals surface area contributed by atoms with Crippen molar-refractivity contribution in [1.82, 2.24) is 15.1 Å². The molecule has 1 aromatic carbocycles. The smallest absolute Gasteiger partial charge is 0.271 e. The molecule has 2 heterocycles. The first kappa shape index (κ1) is 15.0. The summed E-state index contributed by atoms with van der Waals surface area (Å²) in [5.41, 5.74) is 3.89. The summed E-state index contributed by atoms with van der Waals surface area (Å²) in [6.07, 6.45) is 4.40. The van der Waals surface area contributed by atoms with Crippen LogP contribution in [0.15, 0.2) is 34.1 Å². The maximum absolute atomic E-state index is 12.0. The number of benzene rings is 1. The van der Waals surface area contributed by atoms with Crippen LogP contribution in [0.1, 0.15) is 23.2 Å². The van der Waals surface area contributed by atoms with Gasteiger partial charge in [-0.2, -0.15) is 0 Å². The van der Waals surface area contributed by atoms with Crippen LogP contribution in [0.25, 0.3) is 11.6 Å². The Morgan fingerprint density at radius 3 is 2.83 bits per heavy atom. The average Bonchev–Trinajstić information content (AvgIpc) is 3.10. The van der Waals surface area contributed by atoms with Gasteiger partial charge in [-0.1, -0.05) is 18.2 Å². The number of carbonyl (C=O) groups is 1. The van der Waals surface area contributed by atoms with Gasteiger partial charge in [0.15, 0.2) is 0 Å². The third kappa shape index (κ3) is 3.01. The molecule has 1 aliphatic heterocycles. The van der Waals surface area contributed by atoms with E-state index in [2.05, 4.69) is 15.2 Å². The summed E-state index contributed by atoms with van der Waals surface area (Å²) in [7, 11) is 3.44. The summed E-state index contributed by atoms with van der Waals surface area (Å²) in [5, 5.41) is 5.46. The van der Waals surface area contributed by atoms with E-state index in [0.717, 1.165) is 22.5 Å². The number of allylic oxidation sites excluding steroid dienone is 1. The molecule has 1 aromatic heterocycles. The molecule has 2 aromatic rings. The predicted molar refractivity (Wildman–Crippen MR) is 90.9 cm³/mol. The Labute approximate surface area is 133 Å². The standard InChI is InChI=1S/C17H18N4O2/c1-21(2)16(22)8-7-15-13(17(23)20-19-15)9-11-10-18-14-6-4-3-5-12(11)14/h3-6,9-10H,7-8H2,1-2H3,(H2,19,20,23). The lowest BCUT2D eigenvalue weighted by Gasteiger charge is -2.09. The Bertz CT molecular complexity index is 855. The van der Waals surface area contributed by atoms with Crippen LogP contribution < -0.4 is 5.56 Å². The number of nitrogens with one attached hydrogen (secondary N) is 2. The van der Waals surface area contributed by atoms with E-state index in [0.29, 0.717) is 18.4 Å². The Morgan fingerprint density at radius 2 is 2.04 bits per heavy atom. The number of carbonyl (C=O) groups excluding carboxylic acids is 1. The second kappa shape index (κ2) is 6.08. The van der Waals surface area contributed by atoms with Gasteiger partial charge in [-0.3, -0.25) is 19.7 Å². The molecule has 118 valence electrons. The number of aliphatic imine (C=N–C) groups is 1. The number of aromatic amines is 2. The summed E-state index contributed by atoms with van der Waals surface area (Å²) in [5.74, 6) is 0.0263. The van der Waals surface area contributed by atoms with Crippen LogP contribution in [0.5, 0.6) is 0 Å². The zero-order valence-corrected chi connectivity index (χ0v) is 13.1. The Balaban J connectivity index is 1.89. The van der Waals surface area contributed by atoms with Crippen molar-refractivity contribution in [2.75, 3.05) is 14.1 Å². The fourth-order valence-corrected chi connectivity index (χ4v) is 2.52. The molecule has 0 aliphatic carbocycles. The summed E-state index contributed by atoms with van der Waals surface area (Å²) in [6.45, 7) is 0. The predicted octanol–water partition coefficient (Wildman–Crippen LogP) is 1.98. The Hall–Kier alpha value is -2.89. The molecular formula is C17H18N4O2. The second-order valence-electron chi connectivity index (χ2n) is 5.63. The third-order valence-corrected chi connectivity index (χ3v) is 3.84. The maximum atomic E-state index is 12.0. The fourth-order valence-electron chi connectivity index (χ4n) is 2.52. The SMILES string of the molecule is CN(C)C(=O)CCc1[nH][nH]c(=O)c1C=C1C=Nc2ccccc21. The molecule has 1 aliphatic rings. The highest BCUT2D eigenvalue weighted by Crippen LogP contribution is 2.32. The van der Waals surface area contributed by atoms with E-state index < -0.39 is 0 Å². The molecule has 6 nitrogen and oxygen atoms in total. The van der Waals surface area contributed by atoms with Gasteiger partial charge >= 0.3 is 0 Å². The molecule has 0 saturated heterocycles. The van der Waals surface area contributed by atoms with Crippen molar-refractivity contribution in [2.45, 2.75) is 12.8 Å². The fraction of sp³-hybridized carbons (Fsp3) is 0.235. The van der Waals surface area contributed by atoms with Gasteiger partial charge in [-0.05, 0) is 18.6 Å². The first-order chi connectivity index (χ1) is 11.1. The maximum Gasteiger partial charge on any atom is 0.271 e. The number of hydrogen-bond acceptors (Lipinski definition) is 3. The number of nitrogens with zero attached hydrogens (tertiary/aromatic N) is 2. The van der Waals surface area contributed by atoms with Crippen LogP contribution in [-0.4, -0.2) is 41.3 Å². The molecule has 0 spiro atoms. The lowest BCUT2D eigenvalue weighted by atomic mass is 10.0. The van der Waals surface area contributed by atoms with Gasteiger partial charge in [0.1, 0.15) is 0 Å². The van der Waals surface area contributed by atoms with E-state index in [1.807, 2.05) is 30.3 Å². The largest absolute Gasteiger partial charge is 0.349 e. The van der Waals surface area contributed by atoms with Gasteiger partial charge in [0.2, 0.25) is 5.91 Å². The number of aryl methyl sites for hydroxylation is 1. The van der Waals surface area contributed by atoms with Crippen LogP contribution in [0, 0.1) is 0 Å². The van der Waals surface area contributed by atoms with Gasteiger partial charge in [-0.15, -0.1) is 0 Å². The van der Waals surface area contributed by atoms with Crippen molar-refractivity contribution >= 4 is 29.5 Å². The van der Waals surface area contributed by atoms with E-state index in [1.54, 1.807) is 25.2 Å². The van der Waals surface area contributed by atoms with Crippen LogP contribution in [0.3, 0.4) is 0 Å². The number of H-pyrrole nitrogens is 2. The average molecular weight is 310 g/mol. The van der Waals surface area contributed by atoms with E-state index in [4.69, 9.17) is 0 Å². The highest BCUT2D eigenvalue weighted by atomic mass is 16.2. The minimum atomic E-state index is -0.192. The molecule has 0 bridgehead atoms. The lowest BCUT2D eigenvalue weighted by Crippen LogP contribution is -2.22. The molecule has 0 unspecified atom stereocenters. The Morgan fingerprint density at radius 1 is 1.26 bits per heavy atom. The van der Waals surface area contributed by atoms with Gasteiger partial charge in [0.25, 0.3) is 5.56 Å². The quantitative estimate of drug-likeness (QED) is 0.905. The summed E-state index contributed by atoms with van der Waals surface area (Å²) < 4.78 is 0. The normalized spacial score (nSPS) is 14.3. The highest BCUT2D eigenvalue weighted by molar-refractivity contribution is 6.21. The molecular weight excluding hydrogens is 292 g/mol. The van der Waals surface area contributed by atoms with Gasteiger partial charge in [-0.25, -0.2) is 0 Å². The van der Waals surface area contributed by atoms with Gasteiger partial charge in [0.05, 0.1) is 11.3 Å². The van der Waals surface area contributed by atoms with Crippen molar-refractivity contribution in [3.8, 4) is 0 Å². The van der Waals surface area contributed by atoms with Crippen molar-refractivity contribution in [3.05, 3.63) is 51.4 Å². The molecule has 23 heavy (non-hydrogen) atoms. The van der Waals surface area contributed by atoms with Gasteiger partial charge in [0, 0.05) is 43.6 Å². The van der Waals surface area contributed by atoms with Crippen LogP contribution in [0.2, 0.25) is 0 Å².